The van der Waals surface area contributed by atoms with Gasteiger partial charge in [0, 0.05) is 44.2 Å². The van der Waals surface area contributed by atoms with Crippen molar-refractivity contribution in [3.8, 4) is 0 Å². The maximum absolute atomic E-state index is 13.4. The summed E-state index contributed by atoms with van der Waals surface area (Å²) in [6.45, 7) is 6.98. The number of carbonyl (C=O) groups excluding carboxylic acids is 1. The van der Waals surface area contributed by atoms with Gasteiger partial charge >= 0.3 is 0 Å². The van der Waals surface area contributed by atoms with E-state index in [0.717, 1.165) is 55.5 Å². The molecule has 7 heteroatoms. The minimum absolute atomic E-state index is 0.0435. The van der Waals surface area contributed by atoms with Crippen molar-refractivity contribution in [2.75, 3.05) is 26.2 Å². The van der Waals surface area contributed by atoms with Crippen molar-refractivity contribution in [1.29, 1.82) is 0 Å². The van der Waals surface area contributed by atoms with Crippen LogP contribution >= 0.6 is 0 Å². The first kappa shape index (κ1) is 19.2. The maximum atomic E-state index is 13.4. The van der Waals surface area contributed by atoms with E-state index in [4.69, 9.17) is 4.98 Å². The van der Waals surface area contributed by atoms with Crippen LogP contribution < -0.4 is 5.56 Å². The van der Waals surface area contributed by atoms with Crippen LogP contribution in [0.2, 0.25) is 0 Å². The zero-order chi connectivity index (χ0) is 21.2. The van der Waals surface area contributed by atoms with Gasteiger partial charge in [0.2, 0.25) is 0 Å². The van der Waals surface area contributed by atoms with Crippen LogP contribution in [0.25, 0.3) is 0 Å². The summed E-state index contributed by atoms with van der Waals surface area (Å²) in [7, 11) is 0. The lowest BCUT2D eigenvalue weighted by atomic mass is 9.85. The Morgan fingerprint density at radius 1 is 1.19 bits per heavy atom. The molecule has 2 fully saturated rings. The Bertz CT molecular complexity index is 1100. The first-order valence-corrected chi connectivity index (χ1v) is 11.6. The molecule has 1 aliphatic carbocycles. The molecule has 1 atom stereocenters. The number of carbonyl (C=O) groups is 1. The number of aryl methyl sites for hydroxylation is 1. The van der Waals surface area contributed by atoms with Crippen LogP contribution in [-0.4, -0.2) is 56.4 Å². The minimum Gasteiger partial charge on any atom is -0.332 e. The summed E-state index contributed by atoms with van der Waals surface area (Å²) in [5.74, 6) is 1.79. The number of amides is 1. The molecule has 0 radical (unpaired) electrons. The van der Waals surface area contributed by atoms with Gasteiger partial charge in [0.05, 0.1) is 17.8 Å². The van der Waals surface area contributed by atoms with Crippen molar-refractivity contribution < 1.29 is 4.79 Å². The van der Waals surface area contributed by atoms with E-state index in [1.807, 2.05) is 17.6 Å². The quantitative estimate of drug-likeness (QED) is 0.760. The second-order valence-corrected chi connectivity index (χ2v) is 9.97. The Kier molecular flexibility index (Phi) is 4.32. The standard InChI is InChI=1S/C24H29N5O2/c1-16-2-5-20(25-12-16)22(31)28-9-6-19-18(14-28)21(30)29-11-8-24(23(29)26-19)7-10-27(15-24)13-17-3-4-17/h2,5,12,17H,3-4,6-11,13-15H2,1H3. The molecule has 1 unspecified atom stereocenters. The summed E-state index contributed by atoms with van der Waals surface area (Å²) in [5.41, 5.74) is 3.16. The average molecular weight is 420 g/mol. The molecule has 2 aromatic rings. The van der Waals surface area contributed by atoms with E-state index in [0.29, 0.717) is 30.8 Å². The van der Waals surface area contributed by atoms with Crippen LogP contribution in [0.1, 0.15) is 58.8 Å². The Morgan fingerprint density at radius 3 is 2.81 bits per heavy atom. The lowest BCUT2D eigenvalue weighted by Gasteiger charge is -2.29. The monoisotopic (exact) mass is 419 g/mol. The predicted octanol–water partition coefficient (Wildman–Crippen LogP) is 1.90. The van der Waals surface area contributed by atoms with Crippen LogP contribution in [-0.2, 0) is 24.9 Å². The maximum Gasteiger partial charge on any atom is 0.272 e. The molecule has 3 aliphatic heterocycles. The van der Waals surface area contributed by atoms with E-state index in [1.54, 1.807) is 17.2 Å². The number of hydrogen-bond acceptors (Lipinski definition) is 5. The molecular formula is C24H29N5O2. The minimum atomic E-state index is -0.112. The third kappa shape index (κ3) is 3.21. The smallest absolute Gasteiger partial charge is 0.272 e. The predicted molar refractivity (Wildman–Crippen MR) is 116 cm³/mol. The fourth-order valence-corrected chi connectivity index (χ4v) is 5.66. The van der Waals surface area contributed by atoms with E-state index in [1.165, 1.54) is 19.4 Å². The van der Waals surface area contributed by atoms with Gasteiger partial charge in [-0.25, -0.2) is 4.98 Å². The van der Waals surface area contributed by atoms with Crippen molar-refractivity contribution in [2.24, 2.45) is 5.92 Å². The van der Waals surface area contributed by atoms with E-state index in [-0.39, 0.29) is 16.9 Å². The second kappa shape index (κ2) is 6.99. The Labute approximate surface area is 182 Å². The van der Waals surface area contributed by atoms with Gasteiger partial charge in [-0.3, -0.25) is 19.1 Å². The molecule has 6 rings (SSSR count). The first-order valence-electron chi connectivity index (χ1n) is 11.6. The summed E-state index contributed by atoms with van der Waals surface area (Å²) in [5, 5.41) is 0. The van der Waals surface area contributed by atoms with Crippen molar-refractivity contribution in [3.05, 3.63) is 57.0 Å². The third-order valence-corrected chi connectivity index (χ3v) is 7.67. The molecule has 2 aromatic heterocycles. The lowest BCUT2D eigenvalue weighted by molar-refractivity contribution is 0.0726. The normalized spacial score (nSPS) is 25.1. The van der Waals surface area contributed by atoms with E-state index >= 15 is 0 Å². The van der Waals surface area contributed by atoms with Crippen LogP contribution in [0.3, 0.4) is 0 Å². The molecule has 5 heterocycles. The Morgan fingerprint density at radius 2 is 2.03 bits per heavy atom. The molecule has 0 bridgehead atoms. The van der Waals surface area contributed by atoms with Gasteiger partial charge in [0.15, 0.2) is 0 Å². The molecule has 7 nitrogen and oxygen atoms in total. The highest BCUT2D eigenvalue weighted by molar-refractivity contribution is 5.92. The van der Waals surface area contributed by atoms with E-state index in [2.05, 4.69) is 9.88 Å². The number of aromatic nitrogens is 3. The SMILES string of the molecule is Cc1ccc(C(=O)N2CCc3nc4n(c(=O)c3C2)CCC42CCN(CC3CC3)C2)nc1. The summed E-state index contributed by atoms with van der Waals surface area (Å²) in [6, 6.07) is 3.66. The number of rotatable bonds is 3. The van der Waals surface area contributed by atoms with Crippen LogP contribution in [0.15, 0.2) is 23.1 Å². The van der Waals surface area contributed by atoms with Gasteiger partial charge < -0.3 is 9.80 Å². The number of hydrogen-bond donors (Lipinski definition) is 0. The lowest BCUT2D eigenvalue weighted by Crippen LogP contribution is -2.42. The summed E-state index contributed by atoms with van der Waals surface area (Å²) >= 11 is 0. The molecule has 1 saturated carbocycles. The molecular weight excluding hydrogens is 390 g/mol. The molecule has 0 aromatic carbocycles. The fraction of sp³-hybridized carbons (Fsp3) is 0.583. The van der Waals surface area contributed by atoms with Crippen molar-refractivity contribution in [3.63, 3.8) is 0 Å². The topological polar surface area (TPSA) is 71.3 Å². The number of likely N-dealkylation sites (tertiary alicyclic amines) is 1. The summed E-state index contributed by atoms with van der Waals surface area (Å²) in [4.78, 5) is 40.0. The van der Waals surface area contributed by atoms with Crippen molar-refractivity contribution in [2.45, 2.75) is 57.5 Å². The van der Waals surface area contributed by atoms with Crippen molar-refractivity contribution >= 4 is 5.91 Å². The highest BCUT2D eigenvalue weighted by Crippen LogP contribution is 2.42. The second-order valence-electron chi connectivity index (χ2n) is 9.97. The Hall–Kier alpha value is -2.54. The number of pyridine rings is 1. The van der Waals surface area contributed by atoms with E-state index in [9.17, 15) is 9.59 Å². The molecule has 0 N–H and O–H groups in total. The summed E-state index contributed by atoms with van der Waals surface area (Å²) < 4.78 is 1.91. The highest BCUT2D eigenvalue weighted by Gasteiger charge is 2.47. The van der Waals surface area contributed by atoms with E-state index < -0.39 is 0 Å². The van der Waals surface area contributed by atoms with Gasteiger partial charge in [-0.15, -0.1) is 0 Å². The van der Waals surface area contributed by atoms with Gasteiger partial charge in [-0.05, 0) is 56.7 Å². The molecule has 1 saturated heterocycles. The average Bonchev–Trinajstić information content (AvgIpc) is 3.40. The van der Waals surface area contributed by atoms with Gasteiger partial charge in [-0.1, -0.05) is 6.07 Å². The van der Waals surface area contributed by atoms with Crippen LogP contribution in [0.5, 0.6) is 0 Å². The fourth-order valence-electron chi connectivity index (χ4n) is 5.66. The molecule has 1 amide bonds. The zero-order valence-electron chi connectivity index (χ0n) is 18.1. The van der Waals surface area contributed by atoms with Gasteiger partial charge in [0.25, 0.3) is 11.5 Å². The van der Waals surface area contributed by atoms with Crippen molar-refractivity contribution in [1.82, 2.24) is 24.3 Å². The highest BCUT2D eigenvalue weighted by atomic mass is 16.2. The number of fused-ring (bicyclic) bond motifs is 3. The van der Waals surface area contributed by atoms with Crippen LogP contribution in [0.4, 0.5) is 0 Å². The van der Waals surface area contributed by atoms with Gasteiger partial charge in [0.1, 0.15) is 11.5 Å². The van der Waals surface area contributed by atoms with Crippen LogP contribution in [0, 0.1) is 12.8 Å². The number of nitrogens with zero attached hydrogens (tertiary/aromatic N) is 5. The molecule has 1 spiro atoms. The Balaban J connectivity index is 1.27. The third-order valence-electron chi connectivity index (χ3n) is 7.67. The summed E-state index contributed by atoms with van der Waals surface area (Å²) in [6.07, 6.45) is 7.21. The van der Waals surface area contributed by atoms with Gasteiger partial charge in [-0.2, -0.15) is 0 Å². The zero-order valence-corrected chi connectivity index (χ0v) is 18.1. The molecule has 31 heavy (non-hydrogen) atoms. The largest absolute Gasteiger partial charge is 0.332 e. The molecule has 4 aliphatic rings. The molecule has 162 valence electrons. The first-order chi connectivity index (χ1) is 15.0.